The van der Waals surface area contributed by atoms with Crippen LogP contribution >= 0.6 is 15.9 Å². The van der Waals surface area contributed by atoms with Crippen molar-refractivity contribution in [3.63, 3.8) is 0 Å². The fraction of sp³-hybridized carbons (Fsp3) is 0.0588. The van der Waals surface area contributed by atoms with Crippen LogP contribution in [0.1, 0.15) is 17.4 Å². The van der Waals surface area contributed by atoms with Gasteiger partial charge < -0.3 is 9.55 Å². The number of nitrogens with one attached hydrogen (secondary N) is 1. The normalized spacial score (nSPS) is 12.6. The van der Waals surface area contributed by atoms with E-state index in [-0.39, 0.29) is 6.04 Å². The quantitative estimate of drug-likeness (QED) is 0.601. The van der Waals surface area contributed by atoms with E-state index in [1.807, 2.05) is 48.9 Å². The molecule has 0 spiro atoms. The number of para-hydroxylation sites is 2. The molecular weight excluding hydrogens is 340 g/mol. The Hall–Kier alpha value is -2.40. The van der Waals surface area contributed by atoms with Gasteiger partial charge in [-0.2, -0.15) is 0 Å². The van der Waals surface area contributed by atoms with Gasteiger partial charge in [0.2, 0.25) is 0 Å². The van der Waals surface area contributed by atoms with E-state index in [0.717, 1.165) is 26.9 Å². The summed E-state index contributed by atoms with van der Waals surface area (Å²) in [5, 5.41) is 0. The first kappa shape index (κ1) is 13.3. The number of nitrogens with zero attached hydrogens (tertiary/aromatic N) is 3. The second-order valence-electron chi connectivity index (χ2n) is 5.10. The number of aromatic amines is 1. The zero-order valence-corrected chi connectivity index (χ0v) is 13.2. The summed E-state index contributed by atoms with van der Waals surface area (Å²) in [5.41, 5.74) is 3.17. The molecule has 1 atom stereocenters. The van der Waals surface area contributed by atoms with Gasteiger partial charge in [-0.05, 0) is 29.8 Å². The van der Waals surface area contributed by atoms with Gasteiger partial charge in [-0.3, -0.25) is 0 Å². The smallest absolute Gasteiger partial charge is 0.135 e. The van der Waals surface area contributed by atoms with Crippen LogP contribution in [0.4, 0.5) is 0 Å². The lowest BCUT2D eigenvalue weighted by Crippen LogP contribution is -2.12. The van der Waals surface area contributed by atoms with Gasteiger partial charge in [0.1, 0.15) is 11.9 Å². The molecule has 4 rings (SSSR count). The maximum absolute atomic E-state index is 4.75. The molecule has 4 nitrogen and oxygen atoms in total. The topological polar surface area (TPSA) is 46.5 Å². The predicted molar refractivity (Wildman–Crippen MR) is 89.7 cm³/mol. The van der Waals surface area contributed by atoms with Crippen molar-refractivity contribution in [2.75, 3.05) is 0 Å². The lowest BCUT2D eigenvalue weighted by molar-refractivity contribution is 0.644. The van der Waals surface area contributed by atoms with Crippen LogP contribution in [0.25, 0.3) is 11.0 Å². The highest BCUT2D eigenvalue weighted by atomic mass is 79.9. The molecular formula is C17H13BrN4. The second-order valence-corrected chi connectivity index (χ2v) is 6.02. The van der Waals surface area contributed by atoms with Gasteiger partial charge >= 0.3 is 0 Å². The first-order valence-electron chi connectivity index (χ1n) is 6.99. The number of hydrogen-bond donors (Lipinski definition) is 1. The van der Waals surface area contributed by atoms with E-state index >= 15 is 0 Å². The van der Waals surface area contributed by atoms with E-state index in [1.54, 1.807) is 6.20 Å². The lowest BCUT2D eigenvalue weighted by atomic mass is 10.1. The van der Waals surface area contributed by atoms with Crippen LogP contribution < -0.4 is 0 Å². The van der Waals surface area contributed by atoms with Crippen molar-refractivity contribution in [3.8, 4) is 0 Å². The summed E-state index contributed by atoms with van der Waals surface area (Å²) >= 11 is 3.49. The Morgan fingerprint density at radius 2 is 1.86 bits per heavy atom. The molecule has 0 saturated heterocycles. The summed E-state index contributed by atoms with van der Waals surface area (Å²) in [4.78, 5) is 12.4. The molecule has 5 heteroatoms. The van der Waals surface area contributed by atoms with E-state index in [4.69, 9.17) is 4.98 Å². The standard InChI is InChI=1S/C17H13BrN4/c18-13-7-5-12(6-8-13)16(22-10-9-19-11-22)17-20-14-3-1-2-4-15(14)21-17/h1-11,16H,(H,20,21). The third-order valence-electron chi connectivity index (χ3n) is 3.68. The number of hydrogen-bond acceptors (Lipinski definition) is 2. The average Bonchev–Trinajstić information content (AvgIpc) is 3.19. The van der Waals surface area contributed by atoms with E-state index in [1.165, 1.54) is 0 Å². The number of benzene rings is 2. The number of imidazole rings is 2. The maximum Gasteiger partial charge on any atom is 0.135 e. The van der Waals surface area contributed by atoms with Gasteiger partial charge in [0.25, 0.3) is 0 Å². The Morgan fingerprint density at radius 1 is 1.05 bits per heavy atom. The van der Waals surface area contributed by atoms with Gasteiger partial charge in [0.05, 0.1) is 17.4 Å². The highest BCUT2D eigenvalue weighted by Gasteiger charge is 2.19. The number of rotatable bonds is 3. The Balaban J connectivity index is 1.88. The summed E-state index contributed by atoms with van der Waals surface area (Å²) in [6.07, 6.45) is 5.56. The minimum atomic E-state index is -0.0250. The summed E-state index contributed by atoms with van der Waals surface area (Å²) in [5.74, 6) is 0.904. The number of fused-ring (bicyclic) bond motifs is 1. The van der Waals surface area contributed by atoms with Gasteiger partial charge in [-0.25, -0.2) is 9.97 Å². The molecule has 2 aromatic heterocycles. The fourth-order valence-electron chi connectivity index (χ4n) is 2.64. The Labute approximate surface area is 136 Å². The molecule has 0 radical (unpaired) electrons. The Kier molecular flexibility index (Phi) is 3.27. The number of halogens is 1. The first-order valence-corrected chi connectivity index (χ1v) is 7.78. The second kappa shape index (κ2) is 5.42. The molecule has 4 aromatic rings. The van der Waals surface area contributed by atoms with Crippen LogP contribution in [0.3, 0.4) is 0 Å². The molecule has 0 aliphatic rings. The summed E-state index contributed by atoms with van der Waals surface area (Å²) < 4.78 is 3.12. The Bertz CT molecular complexity index is 861. The summed E-state index contributed by atoms with van der Waals surface area (Å²) in [6, 6.07) is 16.3. The van der Waals surface area contributed by atoms with Crippen LogP contribution in [-0.2, 0) is 0 Å². The predicted octanol–water partition coefficient (Wildman–Crippen LogP) is 4.16. The van der Waals surface area contributed by atoms with E-state index in [2.05, 4.69) is 42.6 Å². The molecule has 2 aromatic carbocycles. The molecule has 0 amide bonds. The van der Waals surface area contributed by atoms with Crippen LogP contribution in [0.5, 0.6) is 0 Å². The third-order valence-corrected chi connectivity index (χ3v) is 4.20. The monoisotopic (exact) mass is 352 g/mol. The third kappa shape index (κ3) is 2.33. The van der Waals surface area contributed by atoms with Gasteiger partial charge in [0.15, 0.2) is 0 Å². The zero-order valence-electron chi connectivity index (χ0n) is 11.6. The summed E-state index contributed by atoms with van der Waals surface area (Å²) in [7, 11) is 0. The van der Waals surface area contributed by atoms with Crippen molar-refractivity contribution in [1.29, 1.82) is 0 Å². The summed E-state index contributed by atoms with van der Waals surface area (Å²) in [6.45, 7) is 0. The highest BCUT2D eigenvalue weighted by Crippen LogP contribution is 2.27. The van der Waals surface area contributed by atoms with Crippen LogP contribution in [0.2, 0.25) is 0 Å². The highest BCUT2D eigenvalue weighted by molar-refractivity contribution is 9.10. The molecule has 22 heavy (non-hydrogen) atoms. The maximum atomic E-state index is 4.75. The largest absolute Gasteiger partial charge is 0.340 e. The van der Waals surface area contributed by atoms with Crippen molar-refractivity contribution in [1.82, 2.24) is 19.5 Å². The van der Waals surface area contributed by atoms with Gasteiger partial charge in [-0.1, -0.05) is 40.2 Å². The minimum absolute atomic E-state index is 0.0250. The molecule has 108 valence electrons. The number of aromatic nitrogens is 4. The molecule has 0 bridgehead atoms. The average molecular weight is 353 g/mol. The molecule has 2 heterocycles. The zero-order chi connectivity index (χ0) is 14.9. The fourth-order valence-corrected chi connectivity index (χ4v) is 2.90. The lowest BCUT2D eigenvalue weighted by Gasteiger charge is -2.16. The van der Waals surface area contributed by atoms with Crippen molar-refractivity contribution in [2.24, 2.45) is 0 Å². The molecule has 0 saturated carbocycles. The van der Waals surface area contributed by atoms with E-state index in [0.29, 0.717) is 0 Å². The molecule has 0 fully saturated rings. The van der Waals surface area contributed by atoms with E-state index < -0.39 is 0 Å². The van der Waals surface area contributed by atoms with Crippen LogP contribution in [0.15, 0.2) is 71.7 Å². The van der Waals surface area contributed by atoms with Crippen molar-refractivity contribution in [3.05, 3.63) is 83.1 Å². The first-order chi connectivity index (χ1) is 10.8. The Morgan fingerprint density at radius 3 is 2.59 bits per heavy atom. The molecule has 1 N–H and O–H groups in total. The SMILES string of the molecule is Brc1ccc(C(c2nc3ccccc3[nH]2)n2ccnc2)cc1. The van der Waals surface area contributed by atoms with Crippen LogP contribution in [-0.4, -0.2) is 19.5 Å². The van der Waals surface area contributed by atoms with Crippen molar-refractivity contribution in [2.45, 2.75) is 6.04 Å². The van der Waals surface area contributed by atoms with Crippen molar-refractivity contribution >= 4 is 27.0 Å². The van der Waals surface area contributed by atoms with Crippen molar-refractivity contribution < 1.29 is 0 Å². The van der Waals surface area contributed by atoms with Crippen LogP contribution in [0, 0.1) is 0 Å². The van der Waals surface area contributed by atoms with Gasteiger partial charge in [-0.15, -0.1) is 0 Å². The minimum Gasteiger partial charge on any atom is -0.340 e. The molecule has 0 aliphatic heterocycles. The van der Waals surface area contributed by atoms with Gasteiger partial charge in [0, 0.05) is 16.9 Å². The molecule has 0 aliphatic carbocycles. The van der Waals surface area contributed by atoms with E-state index in [9.17, 15) is 0 Å². The number of H-pyrrole nitrogens is 1. The molecule has 1 unspecified atom stereocenters.